The summed E-state index contributed by atoms with van der Waals surface area (Å²) in [5.74, 6) is -0.639. The smallest absolute Gasteiger partial charge is 0.317 e. The van der Waals surface area contributed by atoms with Crippen molar-refractivity contribution in [2.24, 2.45) is 5.92 Å². The highest BCUT2D eigenvalue weighted by Gasteiger charge is 2.28. The molecule has 0 spiro atoms. The standard InChI is InChI=1S/C14H26N2O4/c1-11(6-7-13(18)19)10-15-14(20)16-8-2-4-12(16)5-3-9-17/h11-12,17H,2-10H2,1H3,(H,15,20)(H,18,19). The fraction of sp³-hybridized carbons (Fsp3) is 0.857. The Labute approximate surface area is 120 Å². The topological polar surface area (TPSA) is 89.9 Å². The zero-order chi connectivity index (χ0) is 15.0. The van der Waals surface area contributed by atoms with E-state index < -0.39 is 5.97 Å². The molecule has 3 N–H and O–H groups in total. The third-order valence-corrected chi connectivity index (χ3v) is 3.79. The number of likely N-dealkylation sites (tertiary alicyclic amines) is 1. The molecule has 1 fully saturated rings. The van der Waals surface area contributed by atoms with Gasteiger partial charge in [0.2, 0.25) is 0 Å². The summed E-state index contributed by atoms with van der Waals surface area (Å²) in [6.45, 7) is 3.38. The van der Waals surface area contributed by atoms with E-state index in [2.05, 4.69) is 5.32 Å². The fourth-order valence-corrected chi connectivity index (χ4v) is 2.57. The molecule has 0 aromatic rings. The van der Waals surface area contributed by atoms with Gasteiger partial charge in [-0.15, -0.1) is 0 Å². The number of rotatable bonds is 8. The number of carboxylic acids is 1. The summed E-state index contributed by atoms with van der Waals surface area (Å²) in [6.07, 6.45) is 4.30. The van der Waals surface area contributed by atoms with E-state index in [0.717, 1.165) is 32.2 Å². The van der Waals surface area contributed by atoms with Gasteiger partial charge in [0.25, 0.3) is 0 Å². The third-order valence-electron chi connectivity index (χ3n) is 3.79. The lowest BCUT2D eigenvalue weighted by Crippen LogP contribution is -2.44. The quantitative estimate of drug-likeness (QED) is 0.629. The second kappa shape index (κ2) is 8.79. The molecule has 0 aromatic heterocycles. The minimum atomic E-state index is -0.799. The first-order valence-electron chi connectivity index (χ1n) is 7.41. The van der Waals surface area contributed by atoms with Crippen LogP contribution in [-0.4, -0.2) is 52.9 Å². The van der Waals surface area contributed by atoms with Gasteiger partial charge in [0.1, 0.15) is 0 Å². The van der Waals surface area contributed by atoms with Crippen LogP contribution in [0.5, 0.6) is 0 Å². The van der Waals surface area contributed by atoms with Crippen molar-refractivity contribution in [2.45, 2.75) is 51.5 Å². The molecule has 0 bridgehead atoms. The van der Waals surface area contributed by atoms with Crippen molar-refractivity contribution in [1.82, 2.24) is 10.2 Å². The van der Waals surface area contributed by atoms with Gasteiger partial charge in [-0.3, -0.25) is 4.79 Å². The maximum atomic E-state index is 12.1. The first-order valence-corrected chi connectivity index (χ1v) is 7.41. The van der Waals surface area contributed by atoms with Crippen LogP contribution in [0, 0.1) is 5.92 Å². The lowest BCUT2D eigenvalue weighted by atomic mass is 10.1. The molecule has 1 aliphatic rings. The van der Waals surface area contributed by atoms with Crippen LogP contribution in [0.15, 0.2) is 0 Å². The van der Waals surface area contributed by atoms with E-state index in [9.17, 15) is 9.59 Å². The Hall–Kier alpha value is -1.30. The van der Waals surface area contributed by atoms with Crippen molar-refractivity contribution >= 4 is 12.0 Å². The van der Waals surface area contributed by atoms with Crippen LogP contribution >= 0.6 is 0 Å². The molecule has 0 aliphatic carbocycles. The molecule has 1 aliphatic heterocycles. The minimum absolute atomic E-state index is 0.0624. The largest absolute Gasteiger partial charge is 0.481 e. The second-order valence-corrected chi connectivity index (χ2v) is 5.58. The highest BCUT2D eigenvalue weighted by Crippen LogP contribution is 2.21. The van der Waals surface area contributed by atoms with E-state index in [1.807, 2.05) is 11.8 Å². The third kappa shape index (κ3) is 5.77. The number of carboxylic acid groups (broad SMARTS) is 1. The molecule has 0 saturated carbocycles. The highest BCUT2D eigenvalue weighted by atomic mass is 16.4. The van der Waals surface area contributed by atoms with Crippen LogP contribution in [0.2, 0.25) is 0 Å². The summed E-state index contributed by atoms with van der Waals surface area (Å²) in [5.41, 5.74) is 0. The van der Waals surface area contributed by atoms with Crippen LogP contribution in [0.1, 0.15) is 45.4 Å². The molecule has 1 saturated heterocycles. The number of aliphatic hydroxyl groups is 1. The number of nitrogens with zero attached hydrogens (tertiary/aromatic N) is 1. The van der Waals surface area contributed by atoms with E-state index in [1.165, 1.54) is 0 Å². The van der Waals surface area contributed by atoms with Gasteiger partial charge in [0.15, 0.2) is 0 Å². The van der Waals surface area contributed by atoms with Gasteiger partial charge in [-0.05, 0) is 38.0 Å². The van der Waals surface area contributed by atoms with Gasteiger partial charge >= 0.3 is 12.0 Å². The normalized spacial score (nSPS) is 19.9. The van der Waals surface area contributed by atoms with Crippen LogP contribution in [0.25, 0.3) is 0 Å². The molecule has 0 radical (unpaired) electrons. The predicted octanol–water partition coefficient (Wildman–Crippen LogP) is 1.43. The molecule has 2 atom stereocenters. The lowest BCUT2D eigenvalue weighted by Gasteiger charge is -2.25. The zero-order valence-electron chi connectivity index (χ0n) is 12.2. The van der Waals surface area contributed by atoms with Crippen molar-refractivity contribution in [3.05, 3.63) is 0 Å². The number of amides is 2. The van der Waals surface area contributed by atoms with Crippen molar-refractivity contribution < 1.29 is 19.8 Å². The monoisotopic (exact) mass is 286 g/mol. The summed E-state index contributed by atoms with van der Waals surface area (Å²) >= 11 is 0. The van der Waals surface area contributed by atoms with E-state index in [1.54, 1.807) is 0 Å². The van der Waals surface area contributed by atoms with E-state index in [0.29, 0.717) is 13.0 Å². The molecule has 20 heavy (non-hydrogen) atoms. The molecule has 116 valence electrons. The molecule has 0 aromatic carbocycles. The van der Waals surface area contributed by atoms with Gasteiger partial charge in [-0.2, -0.15) is 0 Å². The Morgan fingerprint density at radius 3 is 2.85 bits per heavy atom. The van der Waals surface area contributed by atoms with Crippen LogP contribution in [0.3, 0.4) is 0 Å². The number of hydrogen-bond acceptors (Lipinski definition) is 3. The number of nitrogens with one attached hydrogen (secondary N) is 1. The number of aliphatic carboxylic acids is 1. The van der Waals surface area contributed by atoms with Crippen molar-refractivity contribution in [2.75, 3.05) is 19.7 Å². The fourth-order valence-electron chi connectivity index (χ4n) is 2.57. The molecule has 1 rings (SSSR count). The zero-order valence-corrected chi connectivity index (χ0v) is 12.2. The first kappa shape index (κ1) is 16.8. The van der Waals surface area contributed by atoms with Gasteiger partial charge < -0.3 is 20.4 Å². The van der Waals surface area contributed by atoms with Crippen molar-refractivity contribution in [1.29, 1.82) is 0 Å². The summed E-state index contributed by atoms with van der Waals surface area (Å²) in [4.78, 5) is 24.4. The van der Waals surface area contributed by atoms with Crippen LogP contribution < -0.4 is 5.32 Å². The summed E-state index contributed by atoms with van der Waals surface area (Å²) in [7, 11) is 0. The summed E-state index contributed by atoms with van der Waals surface area (Å²) in [6, 6.07) is 0.170. The Morgan fingerprint density at radius 1 is 1.45 bits per heavy atom. The molecule has 2 amide bonds. The maximum Gasteiger partial charge on any atom is 0.317 e. The number of hydrogen-bond donors (Lipinski definition) is 3. The molecular weight excluding hydrogens is 260 g/mol. The van der Waals surface area contributed by atoms with E-state index in [-0.39, 0.29) is 31.0 Å². The Balaban J connectivity index is 2.28. The van der Waals surface area contributed by atoms with Crippen LogP contribution in [-0.2, 0) is 4.79 Å². The average Bonchev–Trinajstić information content (AvgIpc) is 2.88. The maximum absolute atomic E-state index is 12.1. The molecule has 6 nitrogen and oxygen atoms in total. The minimum Gasteiger partial charge on any atom is -0.481 e. The van der Waals surface area contributed by atoms with Gasteiger partial charge in [0, 0.05) is 32.2 Å². The molecular formula is C14H26N2O4. The van der Waals surface area contributed by atoms with E-state index >= 15 is 0 Å². The van der Waals surface area contributed by atoms with Gasteiger partial charge in [0.05, 0.1) is 0 Å². The predicted molar refractivity (Wildman–Crippen MR) is 75.5 cm³/mol. The average molecular weight is 286 g/mol. The first-order chi connectivity index (χ1) is 9.54. The van der Waals surface area contributed by atoms with Crippen LogP contribution in [0.4, 0.5) is 4.79 Å². The lowest BCUT2D eigenvalue weighted by molar-refractivity contribution is -0.137. The van der Waals surface area contributed by atoms with Gasteiger partial charge in [-0.1, -0.05) is 6.92 Å². The Morgan fingerprint density at radius 2 is 2.20 bits per heavy atom. The summed E-state index contributed by atoms with van der Waals surface area (Å²) < 4.78 is 0. The molecule has 6 heteroatoms. The van der Waals surface area contributed by atoms with Crippen molar-refractivity contribution in [3.8, 4) is 0 Å². The number of carbonyl (C=O) groups excluding carboxylic acids is 1. The van der Waals surface area contributed by atoms with E-state index in [4.69, 9.17) is 10.2 Å². The molecule has 1 heterocycles. The number of carbonyl (C=O) groups is 2. The van der Waals surface area contributed by atoms with Crippen molar-refractivity contribution in [3.63, 3.8) is 0 Å². The number of urea groups is 1. The Kier molecular flexibility index (Phi) is 7.36. The number of aliphatic hydroxyl groups excluding tert-OH is 1. The highest BCUT2D eigenvalue weighted by molar-refractivity contribution is 5.74. The second-order valence-electron chi connectivity index (χ2n) is 5.58. The SMILES string of the molecule is CC(CCC(=O)O)CNC(=O)N1CCCC1CCCO. The van der Waals surface area contributed by atoms with Gasteiger partial charge in [-0.25, -0.2) is 4.79 Å². The Bertz CT molecular complexity index is 322. The molecule has 2 unspecified atom stereocenters. The summed E-state index contributed by atoms with van der Waals surface area (Å²) in [5, 5.41) is 20.4.